The summed E-state index contributed by atoms with van der Waals surface area (Å²) in [5.41, 5.74) is 1.83. The molecule has 0 aliphatic rings. The predicted octanol–water partition coefficient (Wildman–Crippen LogP) is 3.00. The first-order valence-electron chi connectivity index (χ1n) is 8.54. The molecule has 1 heterocycles. The second kappa shape index (κ2) is 8.84. The third kappa shape index (κ3) is 5.07. The summed E-state index contributed by atoms with van der Waals surface area (Å²) in [6.45, 7) is 0.462. The molecule has 0 spiro atoms. The molecule has 1 aromatic heterocycles. The highest BCUT2D eigenvalue weighted by Gasteiger charge is 2.11. The van der Waals surface area contributed by atoms with E-state index < -0.39 is 0 Å². The molecule has 140 valence electrons. The van der Waals surface area contributed by atoms with Gasteiger partial charge in [0.25, 0.3) is 0 Å². The van der Waals surface area contributed by atoms with E-state index in [4.69, 9.17) is 14.0 Å². The van der Waals surface area contributed by atoms with Crippen molar-refractivity contribution >= 4 is 5.91 Å². The molecule has 0 aliphatic carbocycles. The summed E-state index contributed by atoms with van der Waals surface area (Å²) in [5, 5.41) is 6.83. The zero-order chi connectivity index (χ0) is 19.1. The molecule has 27 heavy (non-hydrogen) atoms. The van der Waals surface area contributed by atoms with E-state index in [2.05, 4.69) is 15.5 Å². The number of carbonyl (C=O) groups excluding carboxylic acids is 1. The van der Waals surface area contributed by atoms with E-state index in [0.717, 1.165) is 22.6 Å². The van der Waals surface area contributed by atoms with Crippen LogP contribution in [0.4, 0.5) is 0 Å². The summed E-state index contributed by atoms with van der Waals surface area (Å²) in [6, 6.07) is 14.9. The highest BCUT2D eigenvalue weighted by Crippen LogP contribution is 2.20. The molecule has 0 fully saturated rings. The minimum atomic E-state index is -0.0741. The van der Waals surface area contributed by atoms with E-state index in [-0.39, 0.29) is 12.3 Å². The van der Waals surface area contributed by atoms with Gasteiger partial charge in [0.05, 0.1) is 14.2 Å². The lowest BCUT2D eigenvalue weighted by molar-refractivity contribution is -0.121. The average Bonchev–Trinajstić information content (AvgIpc) is 3.20. The lowest BCUT2D eigenvalue weighted by atomic mass is 10.2. The largest absolute Gasteiger partial charge is 0.497 e. The monoisotopic (exact) mass is 367 g/mol. The van der Waals surface area contributed by atoms with Crippen LogP contribution in [0.15, 0.2) is 53.1 Å². The number of rotatable bonds is 8. The van der Waals surface area contributed by atoms with Crippen LogP contribution < -0.4 is 14.8 Å². The van der Waals surface area contributed by atoms with Crippen LogP contribution in [0, 0.1) is 0 Å². The number of hydrogen-bond donors (Lipinski definition) is 1. The quantitative estimate of drug-likeness (QED) is 0.659. The van der Waals surface area contributed by atoms with Crippen molar-refractivity contribution in [2.75, 3.05) is 14.2 Å². The molecule has 7 heteroatoms. The minimum absolute atomic E-state index is 0.0741. The lowest BCUT2D eigenvalue weighted by Crippen LogP contribution is -2.23. The molecular formula is C20H21N3O4. The Kier molecular flexibility index (Phi) is 6.04. The first kappa shape index (κ1) is 18.4. The van der Waals surface area contributed by atoms with Crippen LogP contribution in [0.25, 0.3) is 11.4 Å². The first-order valence-corrected chi connectivity index (χ1v) is 8.54. The number of amides is 1. The Morgan fingerprint density at radius 2 is 1.63 bits per heavy atom. The van der Waals surface area contributed by atoms with Gasteiger partial charge in [0.1, 0.15) is 11.5 Å². The fourth-order valence-corrected chi connectivity index (χ4v) is 2.47. The molecule has 1 N–H and O–H groups in total. The molecule has 0 radical (unpaired) electrons. The third-order valence-electron chi connectivity index (χ3n) is 4.03. The number of methoxy groups -OCH3 is 2. The van der Waals surface area contributed by atoms with E-state index in [1.165, 1.54) is 0 Å². The second-order valence-corrected chi connectivity index (χ2v) is 5.87. The summed E-state index contributed by atoms with van der Waals surface area (Å²) in [4.78, 5) is 16.4. The minimum Gasteiger partial charge on any atom is -0.497 e. The van der Waals surface area contributed by atoms with Crippen LogP contribution in [0.5, 0.6) is 11.5 Å². The predicted molar refractivity (Wildman–Crippen MR) is 99.4 cm³/mol. The van der Waals surface area contributed by atoms with Crippen molar-refractivity contribution in [3.63, 3.8) is 0 Å². The molecule has 3 rings (SSSR count). The maximum Gasteiger partial charge on any atom is 0.227 e. The maximum atomic E-state index is 12.0. The number of ether oxygens (including phenoxy) is 2. The zero-order valence-corrected chi connectivity index (χ0v) is 15.3. The van der Waals surface area contributed by atoms with Gasteiger partial charge >= 0.3 is 0 Å². The summed E-state index contributed by atoms with van der Waals surface area (Å²) in [7, 11) is 3.23. The normalized spacial score (nSPS) is 10.4. The summed E-state index contributed by atoms with van der Waals surface area (Å²) < 4.78 is 15.5. The van der Waals surface area contributed by atoms with Gasteiger partial charge in [0.15, 0.2) is 0 Å². The molecule has 2 aromatic carbocycles. The van der Waals surface area contributed by atoms with Crippen molar-refractivity contribution in [1.82, 2.24) is 15.5 Å². The van der Waals surface area contributed by atoms with Crippen molar-refractivity contribution in [2.45, 2.75) is 19.4 Å². The Morgan fingerprint density at radius 3 is 2.26 bits per heavy atom. The fraction of sp³-hybridized carbons (Fsp3) is 0.250. The molecule has 1 amide bonds. The number of nitrogens with one attached hydrogen (secondary N) is 1. The van der Waals surface area contributed by atoms with Gasteiger partial charge in [0, 0.05) is 24.9 Å². The molecule has 0 saturated heterocycles. The summed E-state index contributed by atoms with van der Waals surface area (Å²) >= 11 is 0. The number of aryl methyl sites for hydroxylation is 1. The Bertz CT molecular complexity index is 873. The molecule has 0 unspecified atom stereocenters. The van der Waals surface area contributed by atoms with E-state index in [9.17, 15) is 4.79 Å². The van der Waals surface area contributed by atoms with Gasteiger partial charge in [-0.3, -0.25) is 4.79 Å². The molecule has 0 saturated carbocycles. The van der Waals surface area contributed by atoms with Crippen molar-refractivity contribution in [3.05, 3.63) is 60.0 Å². The van der Waals surface area contributed by atoms with Crippen molar-refractivity contribution in [1.29, 1.82) is 0 Å². The Labute approximate surface area is 157 Å². The summed E-state index contributed by atoms with van der Waals surface area (Å²) in [5.74, 6) is 2.40. The highest BCUT2D eigenvalue weighted by atomic mass is 16.5. The Morgan fingerprint density at radius 1 is 1.00 bits per heavy atom. The van der Waals surface area contributed by atoms with Gasteiger partial charge in [-0.15, -0.1) is 0 Å². The average molecular weight is 367 g/mol. The molecule has 7 nitrogen and oxygen atoms in total. The van der Waals surface area contributed by atoms with E-state index in [0.29, 0.717) is 24.7 Å². The molecular weight excluding hydrogens is 346 g/mol. The second-order valence-electron chi connectivity index (χ2n) is 5.87. The number of aromatic nitrogens is 2. The lowest BCUT2D eigenvalue weighted by Gasteiger charge is -2.05. The smallest absolute Gasteiger partial charge is 0.227 e. The van der Waals surface area contributed by atoms with Gasteiger partial charge in [-0.25, -0.2) is 0 Å². The van der Waals surface area contributed by atoms with Crippen LogP contribution in [-0.2, 0) is 17.8 Å². The van der Waals surface area contributed by atoms with Crippen molar-refractivity contribution in [3.8, 4) is 22.9 Å². The van der Waals surface area contributed by atoms with Crippen LogP contribution in [0.3, 0.4) is 0 Å². The standard InChI is InChI=1S/C20H21N3O4/c1-25-16-7-3-14(4-8-16)13-21-18(24)11-12-19-22-20(23-27-19)15-5-9-17(26-2)10-6-15/h3-10H,11-13H2,1-2H3,(H,21,24). The number of nitrogens with zero attached hydrogens (tertiary/aromatic N) is 2. The topological polar surface area (TPSA) is 86.5 Å². The van der Waals surface area contributed by atoms with Crippen LogP contribution >= 0.6 is 0 Å². The Balaban J connectivity index is 1.47. The van der Waals surface area contributed by atoms with Crippen LogP contribution in [0.2, 0.25) is 0 Å². The maximum absolute atomic E-state index is 12.0. The van der Waals surface area contributed by atoms with Gasteiger partial charge < -0.3 is 19.3 Å². The van der Waals surface area contributed by atoms with Gasteiger partial charge in [-0.1, -0.05) is 17.3 Å². The molecule has 0 aliphatic heterocycles. The van der Waals surface area contributed by atoms with Gasteiger partial charge in [-0.2, -0.15) is 4.98 Å². The first-order chi connectivity index (χ1) is 13.2. The third-order valence-corrected chi connectivity index (χ3v) is 4.03. The van der Waals surface area contributed by atoms with Crippen LogP contribution in [-0.4, -0.2) is 30.3 Å². The van der Waals surface area contributed by atoms with Gasteiger partial charge in [-0.05, 0) is 42.0 Å². The number of hydrogen-bond acceptors (Lipinski definition) is 6. The van der Waals surface area contributed by atoms with Crippen molar-refractivity contribution in [2.24, 2.45) is 0 Å². The van der Waals surface area contributed by atoms with Crippen LogP contribution in [0.1, 0.15) is 17.9 Å². The number of benzene rings is 2. The van der Waals surface area contributed by atoms with E-state index in [1.807, 2.05) is 48.5 Å². The SMILES string of the molecule is COc1ccc(CNC(=O)CCc2nc(-c3ccc(OC)cc3)no2)cc1. The van der Waals surface area contributed by atoms with E-state index in [1.54, 1.807) is 14.2 Å². The van der Waals surface area contributed by atoms with Crippen molar-refractivity contribution < 1.29 is 18.8 Å². The molecule has 0 bridgehead atoms. The molecule has 3 aromatic rings. The van der Waals surface area contributed by atoms with Gasteiger partial charge in [0.2, 0.25) is 17.6 Å². The molecule has 0 atom stereocenters. The highest BCUT2D eigenvalue weighted by molar-refractivity contribution is 5.76. The Hall–Kier alpha value is -3.35. The fourth-order valence-electron chi connectivity index (χ4n) is 2.47. The zero-order valence-electron chi connectivity index (χ0n) is 15.3. The number of carbonyl (C=O) groups is 1. The van der Waals surface area contributed by atoms with E-state index >= 15 is 0 Å². The summed E-state index contributed by atoms with van der Waals surface area (Å²) in [6.07, 6.45) is 0.665.